The number of anilines is 1. The second kappa shape index (κ2) is 7.97. The van der Waals surface area contributed by atoms with Crippen LogP contribution in [0.25, 0.3) is 0 Å². The van der Waals surface area contributed by atoms with Crippen molar-refractivity contribution in [3.63, 3.8) is 0 Å². The lowest BCUT2D eigenvalue weighted by molar-refractivity contribution is -0.137. The Morgan fingerprint density at radius 3 is 2.54 bits per heavy atom. The molecule has 128 valence electrons. The largest absolute Gasteiger partial charge is 0.416 e. The summed E-state index contributed by atoms with van der Waals surface area (Å²) in [6.45, 7) is 3.10. The van der Waals surface area contributed by atoms with Crippen LogP contribution in [0.3, 0.4) is 0 Å². The highest BCUT2D eigenvalue weighted by Gasteiger charge is 2.30. The molecule has 3 nitrogen and oxygen atoms in total. The van der Waals surface area contributed by atoms with Crippen molar-refractivity contribution in [2.45, 2.75) is 26.1 Å². The van der Waals surface area contributed by atoms with Crippen molar-refractivity contribution in [3.05, 3.63) is 65.2 Å². The highest BCUT2D eigenvalue weighted by Crippen LogP contribution is 2.30. The fourth-order valence-corrected chi connectivity index (χ4v) is 2.23. The molecule has 0 saturated heterocycles. The van der Waals surface area contributed by atoms with Crippen molar-refractivity contribution in [3.8, 4) is 0 Å². The molecule has 0 saturated carbocycles. The van der Waals surface area contributed by atoms with Crippen LogP contribution in [-0.4, -0.2) is 12.5 Å². The van der Waals surface area contributed by atoms with E-state index in [0.29, 0.717) is 13.1 Å². The minimum atomic E-state index is -4.42. The van der Waals surface area contributed by atoms with Crippen molar-refractivity contribution in [2.75, 3.05) is 11.9 Å². The normalized spacial score (nSPS) is 11.3. The Hall–Kier alpha value is -2.34. The van der Waals surface area contributed by atoms with Crippen LogP contribution < -0.4 is 10.6 Å². The lowest BCUT2D eigenvalue weighted by atomic mass is 10.1. The average Bonchev–Trinajstić information content (AvgIpc) is 2.52. The summed E-state index contributed by atoms with van der Waals surface area (Å²) in [6.07, 6.45) is -4.24. The molecule has 1 amide bonds. The molecule has 2 aromatic carbocycles. The first kappa shape index (κ1) is 18.0. The number of alkyl halides is 3. The molecular formula is C18H19F3N2O. The average molecular weight is 336 g/mol. The Balaban J connectivity index is 1.79. The van der Waals surface area contributed by atoms with E-state index in [2.05, 4.69) is 10.6 Å². The second-order valence-corrected chi connectivity index (χ2v) is 5.48. The molecule has 0 unspecified atom stereocenters. The molecule has 2 aromatic rings. The number of amides is 1. The standard InChI is InChI=1S/C18H19F3N2O/c1-13-5-2-3-6-14(13)12-22-10-9-17(24)23-16-8-4-7-15(11-16)18(19,20)21/h2-8,11,22H,9-10,12H2,1H3,(H,23,24). The Kier molecular flexibility index (Phi) is 5.98. The van der Waals surface area contributed by atoms with Crippen LogP contribution in [0.4, 0.5) is 18.9 Å². The van der Waals surface area contributed by atoms with Crippen LogP contribution >= 0.6 is 0 Å². The number of halogens is 3. The summed E-state index contributed by atoms with van der Waals surface area (Å²) in [4.78, 5) is 11.8. The fraction of sp³-hybridized carbons (Fsp3) is 0.278. The highest BCUT2D eigenvalue weighted by molar-refractivity contribution is 5.90. The summed E-state index contributed by atoms with van der Waals surface area (Å²) in [7, 11) is 0. The minimum absolute atomic E-state index is 0.147. The summed E-state index contributed by atoms with van der Waals surface area (Å²) >= 11 is 0. The number of carbonyl (C=O) groups excluding carboxylic acids is 1. The monoisotopic (exact) mass is 336 g/mol. The number of aryl methyl sites for hydroxylation is 1. The van der Waals surface area contributed by atoms with Crippen molar-refractivity contribution < 1.29 is 18.0 Å². The van der Waals surface area contributed by atoms with E-state index in [0.717, 1.165) is 17.7 Å². The molecular weight excluding hydrogens is 317 g/mol. The van der Waals surface area contributed by atoms with Crippen LogP contribution in [0.15, 0.2) is 48.5 Å². The topological polar surface area (TPSA) is 41.1 Å². The van der Waals surface area contributed by atoms with Crippen LogP contribution in [0.5, 0.6) is 0 Å². The van der Waals surface area contributed by atoms with E-state index in [4.69, 9.17) is 0 Å². The summed E-state index contributed by atoms with van der Waals surface area (Å²) < 4.78 is 37.9. The molecule has 0 atom stereocenters. The highest BCUT2D eigenvalue weighted by atomic mass is 19.4. The number of hydrogen-bond donors (Lipinski definition) is 2. The van der Waals surface area contributed by atoms with Gasteiger partial charge in [0.05, 0.1) is 5.56 Å². The molecule has 0 bridgehead atoms. The van der Waals surface area contributed by atoms with Gasteiger partial charge in [-0.3, -0.25) is 4.79 Å². The van der Waals surface area contributed by atoms with Gasteiger partial charge in [-0.05, 0) is 36.2 Å². The molecule has 2 rings (SSSR count). The Morgan fingerprint density at radius 1 is 1.08 bits per heavy atom. The smallest absolute Gasteiger partial charge is 0.326 e. The van der Waals surface area contributed by atoms with E-state index in [9.17, 15) is 18.0 Å². The van der Waals surface area contributed by atoms with Crippen LogP contribution in [0, 0.1) is 6.92 Å². The predicted molar refractivity (Wildman–Crippen MR) is 87.6 cm³/mol. The van der Waals surface area contributed by atoms with E-state index >= 15 is 0 Å². The molecule has 6 heteroatoms. The van der Waals surface area contributed by atoms with E-state index in [1.165, 1.54) is 17.7 Å². The first-order valence-electron chi connectivity index (χ1n) is 7.58. The molecule has 0 aromatic heterocycles. The molecule has 0 aliphatic heterocycles. The van der Waals surface area contributed by atoms with Gasteiger partial charge in [0.25, 0.3) is 0 Å². The quantitative estimate of drug-likeness (QED) is 0.779. The van der Waals surface area contributed by atoms with Crippen LogP contribution in [0.2, 0.25) is 0 Å². The molecule has 2 N–H and O–H groups in total. The van der Waals surface area contributed by atoms with Gasteiger partial charge in [0.15, 0.2) is 0 Å². The van der Waals surface area contributed by atoms with Gasteiger partial charge in [0, 0.05) is 25.2 Å². The molecule has 0 radical (unpaired) electrons. The second-order valence-electron chi connectivity index (χ2n) is 5.48. The zero-order valence-corrected chi connectivity index (χ0v) is 13.3. The first-order valence-corrected chi connectivity index (χ1v) is 7.58. The maximum Gasteiger partial charge on any atom is 0.416 e. The Bertz CT molecular complexity index is 699. The Morgan fingerprint density at radius 2 is 1.83 bits per heavy atom. The molecule has 24 heavy (non-hydrogen) atoms. The maximum atomic E-state index is 12.6. The van der Waals surface area contributed by atoms with E-state index in [1.54, 1.807) is 0 Å². The van der Waals surface area contributed by atoms with E-state index in [1.807, 2.05) is 31.2 Å². The third-order valence-electron chi connectivity index (χ3n) is 3.58. The van der Waals surface area contributed by atoms with E-state index in [-0.39, 0.29) is 18.0 Å². The van der Waals surface area contributed by atoms with Gasteiger partial charge in [0.2, 0.25) is 5.91 Å². The fourth-order valence-electron chi connectivity index (χ4n) is 2.23. The van der Waals surface area contributed by atoms with Gasteiger partial charge < -0.3 is 10.6 Å². The van der Waals surface area contributed by atoms with E-state index < -0.39 is 11.7 Å². The first-order chi connectivity index (χ1) is 11.4. The SMILES string of the molecule is Cc1ccccc1CNCCC(=O)Nc1cccc(C(F)(F)F)c1. The van der Waals surface area contributed by atoms with Gasteiger partial charge in [-0.25, -0.2) is 0 Å². The van der Waals surface area contributed by atoms with Gasteiger partial charge >= 0.3 is 6.18 Å². The molecule has 0 fully saturated rings. The van der Waals surface area contributed by atoms with Crippen LogP contribution in [0.1, 0.15) is 23.1 Å². The van der Waals surface area contributed by atoms with Crippen LogP contribution in [-0.2, 0) is 17.5 Å². The molecule has 0 heterocycles. The number of rotatable bonds is 6. The van der Waals surface area contributed by atoms with Crippen molar-refractivity contribution >= 4 is 11.6 Å². The zero-order valence-electron chi connectivity index (χ0n) is 13.3. The molecule has 0 aliphatic rings. The zero-order chi connectivity index (χ0) is 17.6. The van der Waals surface area contributed by atoms with Crippen molar-refractivity contribution in [1.82, 2.24) is 5.32 Å². The number of carbonyl (C=O) groups is 1. The van der Waals surface area contributed by atoms with Gasteiger partial charge in [-0.1, -0.05) is 30.3 Å². The minimum Gasteiger partial charge on any atom is -0.326 e. The number of benzene rings is 2. The van der Waals surface area contributed by atoms with Gasteiger partial charge in [0.1, 0.15) is 0 Å². The third-order valence-corrected chi connectivity index (χ3v) is 3.58. The lowest BCUT2D eigenvalue weighted by Gasteiger charge is -2.10. The summed E-state index contributed by atoms with van der Waals surface area (Å²) in [5.41, 5.74) is 1.68. The van der Waals surface area contributed by atoms with Gasteiger partial charge in [-0.15, -0.1) is 0 Å². The number of hydrogen-bond acceptors (Lipinski definition) is 2. The van der Waals surface area contributed by atoms with Crippen molar-refractivity contribution in [2.24, 2.45) is 0 Å². The number of nitrogens with one attached hydrogen (secondary N) is 2. The summed E-state index contributed by atoms with van der Waals surface area (Å²) in [5, 5.41) is 5.64. The molecule has 0 spiro atoms. The van der Waals surface area contributed by atoms with Gasteiger partial charge in [-0.2, -0.15) is 13.2 Å². The third kappa shape index (κ3) is 5.38. The molecule has 0 aliphatic carbocycles. The van der Waals surface area contributed by atoms with Crippen molar-refractivity contribution in [1.29, 1.82) is 0 Å². The Labute approximate surface area is 138 Å². The summed E-state index contributed by atoms with van der Waals surface area (Å²) in [6, 6.07) is 12.5. The maximum absolute atomic E-state index is 12.6. The lowest BCUT2D eigenvalue weighted by Crippen LogP contribution is -2.22. The summed E-state index contributed by atoms with van der Waals surface area (Å²) in [5.74, 6) is -0.327. The predicted octanol–water partition coefficient (Wildman–Crippen LogP) is 4.13.